The Hall–Kier alpha value is -1.02. The number of nitrogens with one attached hydrogen (secondary N) is 1. The lowest BCUT2D eigenvalue weighted by Gasteiger charge is -2.11. The summed E-state index contributed by atoms with van der Waals surface area (Å²) in [6.45, 7) is 8.43. The number of unbranched alkanes of at least 4 members (excludes halogenated alkanes) is 5. The van der Waals surface area contributed by atoms with Crippen molar-refractivity contribution in [2.45, 2.75) is 71.9 Å². The average molecular weight is 277 g/mol. The molecular formula is C18H31NO. The molecule has 1 rings (SSSR count). The van der Waals surface area contributed by atoms with Gasteiger partial charge >= 0.3 is 0 Å². The molecule has 0 aliphatic heterocycles. The number of hydrogen-bond donors (Lipinski definition) is 1. The summed E-state index contributed by atoms with van der Waals surface area (Å²) in [4.78, 5) is 0. The molecule has 20 heavy (non-hydrogen) atoms. The molecule has 0 aromatic heterocycles. The van der Waals surface area contributed by atoms with Crippen LogP contribution in [0.5, 0.6) is 5.75 Å². The first kappa shape index (κ1) is 17.0. The van der Waals surface area contributed by atoms with Crippen LogP contribution in [0.15, 0.2) is 24.3 Å². The molecule has 0 aliphatic carbocycles. The highest BCUT2D eigenvalue weighted by Gasteiger charge is 1.99. The molecule has 2 heteroatoms. The van der Waals surface area contributed by atoms with Gasteiger partial charge in [-0.25, -0.2) is 0 Å². The van der Waals surface area contributed by atoms with Crippen LogP contribution in [-0.4, -0.2) is 12.6 Å². The molecule has 114 valence electrons. The molecule has 1 aromatic carbocycles. The Balaban J connectivity index is 2.12. The maximum atomic E-state index is 5.71. The lowest BCUT2D eigenvalue weighted by Crippen LogP contribution is -2.14. The van der Waals surface area contributed by atoms with Crippen LogP contribution in [0.1, 0.15) is 64.9 Å². The van der Waals surface area contributed by atoms with Crippen LogP contribution in [0, 0.1) is 0 Å². The first-order chi connectivity index (χ1) is 9.72. The summed E-state index contributed by atoms with van der Waals surface area (Å²) in [7, 11) is 0. The summed E-state index contributed by atoms with van der Waals surface area (Å²) in [6.07, 6.45) is 8.36. The van der Waals surface area contributed by atoms with Crippen molar-refractivity contribution in [3.8, 4) is 5.75 Å². The molecule has 0 spiro atoms. The van der Waals surface area contributed by atoms with Crippen LogP contribution in [0.25, 0.3) is 0 Å². The summed E-state index contributed by atoms with van der Waals surface area (Å²) in [5.41, 5.74) is 1.30. The molecule has 0 saturated heterocycles. The highest BCUT2D eigenvalue weighted by Crippen LogP contribution is 2.14. The van der Waals surface area contributed by atoms with Crippen LogP contribution >= 0.6 is 0 Å². The van der Waals surface area contributed by atoms with Crippen molar-refractivity contribution >= 4 is 0 Å². The first-order valence-corrected chi connectivity index (χ1v) is 8.18. The van der Waals surface area contributed by atoms with Crippen LogP contribution in [0.2, 0.25) is 0 Å². The fourth-order valence-corrected chi connectivity index (χ4v) is 2.26. The van der Waals surface area contributed by atoms with Crippen molar-refractivity contribution in [3.05, 3.63) is 29.8 Å². The Kier molecular flexibility index (Phi) is 9.14. The van der Waals surface area contributed by atoms with Gasteiger partial charge in [0, 0.05) is 6.54 Å². The van der Waals surface area contributed by atoms with Gasteiger partial charge in [-0.2, -0.15) is 0 Å². The SMILES string of the molecule is CCCCCCCCNCc1cccc(OC(C)C)c1. The molecule has 0 bridgehead atoms. The Bertz CT molecular complexity index is 349. The minimum absolute atomic E-state index is 0.237. The summed E-state index contributed by atoms with van der Waals surface area (Å²) < 4.78 is 5.71. The topological polar surface area (TPSA) is 21.3 Å². The zero-order chi connectivity index (χ0) is 14.6. The molecule has 0 radical (unpaired) electrons. The molecule has 0 fully saturated rings. The summed E-state index contributed by atoms with van der Waals surface area (Å²) in [5.74, 6) is 0.971. The third-order valence-corrected chi connectivity index (χ3v) is 3.31. The summed E-state index contributed by atoms with van der Waals surface area (Å²) >= 11 is 0. The molecule has 2 nitrogen and oxygen atoms in total. The minimum Gasteiger partial charge on any atom is -0.491 e. The van der Waals surface area contributed by atoms with Gasteiger partial charge in [-0.15, -0.1) is 0 Å². The van der Waals surface area contributed by atoms with Crippen molar-refractivity contribution in [1.82, 2.24) is 5.32 Å². The minimum atomic E-state index is 0.237. The quantitative estimate of drug-likeness (QED) is 0.579. The van der Waals surface area contributed by atoms with Gasteiger partial charge in [-0.1, -0.05) is 51.2 Å². The predicted octanol–water partition coefficient (Wildman–Crippen LogP) is 4.92. The highest BCUT2D eigenvalue weighted by atomic mass is 16.5. The second-order valence-corrected chi connectivity index (χ2v) is 5.76. The molecule has 0 unspecified atom stereocenters. The average Bonchev–Trinajstić information content (AvgIpc) is 2.41. The van der Waals surface area contributed by atoms with E-state index in [2.05, 4.69) is 44.3 Å². The van der Waals surface area contributed by atoms with E-state index in [9.17, 15) is 0 Å². The van der Waals surface area contributed by atoms with Crippen LogP contribution in [0.3, 0.4) is 0 Å². The molecule has 1 aromatic rings. The fourth-order valence-electron chi connectivity index (χ4n) is 2.26. The third kappa shape index (κ3) is 8.21. The van der Waals surface area contributed by atoms with Crippen molar-refractivity contribution in [3.63, 3.8) is 0 Å². The van der Waals surface area contributed by atoms with E-state index < -0.39 is 0 Å². The van der Waals surface area contributed by atoms with Crippen molar-refractivity contribution in [1.29, 1.82) is 0 Å². The van der Waals surface area contributed by atoms with E-state index in [0.29, 0.717) is 0 Å². The van der Waals surface area contributed by atoms with Crippen molar-refractivity contribution in [2.75, 3.05) is 6.54 Å². The number of rotatable bonds is 11. The largest absolute Gasteiger partial charge is 0.491 e. The van der Waals surface area contributed by atoms with E-state index in [1.807, 2.05) is 6.07 Å². The molecule has 0 aliphatic rings. The predicted molar refractivity (Wildman–Crippen MR) is 87.3 cm³/mol. The smallest absolute Gasteiger partial charge is 0.120 e. The number of hydrogen-bond acceptors (Lipinski definition) is 2. The normalized spacial score (nSPS) is 11.0. The number of ether oxygens (including phenoxy) is 1. The standard InChI is InChI=1S/C18H31NO/c1-4-5-6-7-8-9-13-19-15-17-11-10-12-18(14-17)20-16(2)3/h10-12,14,16,19H,4-9,13,15H2,1-3H3. The zero-order valence-electron chi connectivity index (χ0n) is 13.5. The monoisotopic (exact) mass is 277 g/mol. The Morgan fingerprint density at radius 1 is 1.05 bits per heavy atom. The maximum Gasteiger partial charge on any atom is 0.120 e. The van der Waals surface area contributed by atoms with Gasteiger partial charge in [0.25, 0.3) is 0 Å². The maximum absolute atomic E-state index is 5.71. The van der Waals surface area contributed by atoms with Crippen molar-refractivity contribution in [2.24, 2.45) is 0 Å². The Morgan fingerprint density at radius 3 is 2.55 bits per heavy atom. The molecule has 0 amide bonds. The zero-order valence-corrected chi connectivity index (χ0v) is 13.5. The van der Waals surface area contributed by atoms with Crippen LogP contribution in [0.4, 0.5) is 0 Å². The van der Waals surface area contributed by atoms with Gasteiger partial charge in [0.05, 0.1) is 6.10 Å². The molecule has 0 saturated carbocycles. The van der Waals surface area contributed by atoms with Gasteiger partial charge < -0.3 is 10.1 Å². The Morgan fingerprint density at radius 2 is 1.80 bits per heavy atom. The van der Waals surface area contributed by atoms with Gasteiger partial charge in [-0.3, -0.25) is 0 Å². The van der Waals surface area contributed by atoms with Gasteiger partial charge in [-0.05, 0) is 44.5 Å². The molecule has 1 N–H and O–H groups in total. The summed E-state index contributed by atoms with van der Waals surface area (Å²) in [5, 5.41) is 3.52. The van der Waals surface area contributed by atoms with Gasteiger partial charge in [0.15, 0.2) is 0 Å². The van der Waals surface area contributed by atoms with E-state index in [1.165, 1.54) is 44.1 Å². The van der Waals surface area contributed by atoms with Gasteiger partial charge in [0.2, 0.25) is 0 Å². The van der Waals surface area contributed by atoms with E-state index in [1.54, 1.807) is 0 Å². The molecular weight excluding hydrogens is 246 g/mol. The van der Waals surface area contributed by atoms with E-state index in [0.717, 1.165) is 18.8 Å². The van der Waals surface area contributed by atoms with Gasteiger partial charge in [0.1, 0.15) is 5.75 Å². The number of benzene rings is 1. The first-order valence-electron chi connectivity index (χ1n) is 8.18. The van der Waals surface area contributed by atoms with E-state index in [4.69, 9.17) is 4.74 Å². The third-order valence-electron chi connectivity index (χ3n) is 3.31. The van der Waals surface area contributed by atoms with Crippen molar-refractivity contribution < 1.29 is 4.74 Å². The molecule has 0 atom stereocenters. The lowest BCUT2D eigenvalue weighted by molar-refractivity contribution is 0.242. The van der Waals surface area contributed by atoms with Crippen LogP contribution < -0.4 is 10.1 Å². The summed E-state index contributed by atoms with van der Waals surface area (Å²) in [6, 6.07) is 8.38. The van der Waals surface area contributed by atoms with Crippen LogP contribution in [-0.2, 0) is 6.54 Å². The van der Waals surface area contributed by atoms with E-state index >= 15 is 0 Å². The highest BCUT2D eigenvalue weighted by molar-refractivity contribution is 5.28. The Labute approximate surface area is 124 Å². The second kappa shape index (κ2) is 10.7. The fraction of sp³-hybridized carbons (Fsp3) is 0.667. The second-order valence-electron chi connectivity index (χ2n) is 5.76. The molecule has 0 heterocycles. The lowest BCUT2D eigenvalue weighted by atomic mass is 10.1. The van der Waals surface area contributed by atoms with E-state index in [-0.39, 0.29) is 6.10 Å².